The van der Waals surface area contributed by atoms with Crippen molar-refractivity contribution in [1.82, 2.24) is 52.8 Å². The maximum atomic E-state index is 16.9. The summed E-state index contributed by atoms with van der Waals surface area (Å²) in [5.41, 5.74) is -2.58. The van der Waals surface area contributed by atoms with Crippen LogP contribution in [0.4, 0.5) is 0 Å². The van der Waals surface area contributed by atoms with Gasteiger partial charge >= 0.3 is 5.97 Å². The van der Waals surface area contributed by atoms with Crippen LogP contribution in [-0.2, 0) is 63.8 Å². The van der Waals surface area contributed by atoms with Crippen molar-refractivity contribution in [3.05, 3.63) is 164 Å². The number of esters is 1. The number of likely N-dealkylation sites (N-methyl/N-ethyl adjacent to an activating group) is 1. The number of hydrogen-bond acceptors (Lipinski definition) is 30. The van der Waals surface area contributed by atoms with Gasteiger partial charge in [-0.25, -0.2) is 4.79 Å². The minimum atomic E-state index is -2.44. The fraction of sp³-hybridized carbons (Fsp3) is 0.427. The number of ether oxygens (including phenoxy) is 8. The number of methoxy groups -OCH3 is 1. The van der Waals surface area contributed by atoms with Crippen LogP contribution in [0.5, 0.6) is 69.0 Å². The van der Waals surface area contributed by atoms with Gasteiger partial charge in [0.25, 0.3) is 0 Å². The third-order valence-corrected chi connectivity index (χ3v) is 23.7. The molecule has 7 aromatic carbocycles. The Labute approximate surface area is 748 Å². The number of carbonyl (C=O) groups excluding carboxylic acids is 9. The Bertz CT molecular complexity index is 5340. The zero-order chi connectivity index (χ0) is 92.5. The van der Waals surface area contributed by atoms with E-state index in [-0.39, 0.29) is 41.3 Å². The molecule has 40 heteroatoms. The highest BCUT2D eigenvalue weighted by Crippen LogP contribution is 2.51. The summed E-state index contributed by atoms with van der Waals surface area (Å²) in [6.07, 6.45) is -12.8. The number of amides is 8. The molecule has 8 heterocycles. The van der Waals surface area contributed by atoms with Crippen molar-refractivity contribution in [2.24, 2.45) is 0 Å². The average molecular weight is 1830 g/mol. The van der Waals surface area contributed by atoms with E-state index in [1.54, 1.807) is 14.1 Å². The van der Waals surface area contributed by atoms with Crippen LogP contribution in [0, 0.1) is 0 Å². The van der Waals surface area contributed by atoms with Gasteiger partial charge in [0.2, 0.25) is 65.6 Å². The van der Waals surface area contributed by atoms with E-state index >= 15 is 28.8 Å². The second-order valence-corrected chi connectivity index (χ2v) is 33.2. The van der Waals surface area contributed by atoms with Gasteiger partial charge < -0.3 is 147 Å². The number of unbranched alkanes of at least 4 members (excludes halogenated alkanes) is 8. The molecule has 0 radical (unpaired) electrons. The summed E-state index contributed by atoms with van der Waals surface area (Å²) in [4.78, 5) is 141. The molecule has 7 aromatic rings. The SMILES string of the molecule is CCCCCCCCCCCC(=O)N[C@H]1[C@H](Oc2c3cc4cc2Oc2ccc(cc2Cl)[C@@H](O)[C@@H]2NC(=O)[C@H](NC(=O)[C@@H]4NC(=O)[C@H]4NC(=O)[C@@H](Cc5ccc(cc5)O3)NC(=O)[C@H](NC)c3ccc(O)c(c3)Oc3cc(O)c(Cl)c4c3)c3ccc(O)c(c3)-c3c(O[C@H]4O[C@H](CO)[C@@H](O)[C@H](O)[C@@H]4O)cc(O)cc3[C@H](C(=O)NCCCN(C)C)NC2=O)O[C@H](C(=O)OC)[C@@H](O)[C@@H]1O. The van der Waals surface area contributed by atoms with Crippen molar-refractivity contribution < 1.29 is 137 Å². The molecule has 0 spiro atoms. The molecule has 20 N–H and O–H groups in total. The number of hydrogen-bond donors (Lipinski definition) is 20. The first-order valence-electron chi connectivity index (χ1n) is 42.0. The Morgan fingerprint density at radius 3 is 1.88 bits per heavy atom. The van der Waals surface area contributed by atoms with Gasteiger partial charge in [0, 0.05) is 48.2 Å². The average Bonchev–Trinajstić information content (AvgIpc) is 0.748. The van der Waals surface area contributed by atoms with Gasteiger partial charge in [0.05, 0.1) is 23.8 Å². The van der Waals surface area contributed by atoms with Gasteiger partial charge in [-0.2, -0.15) is 0 Å². The zero-order valence-electron chi connectivity index (χ0n) is 70.5. The molecule has 8 amide bonds. The number of benzene rings is 7. The fourth-order valence-corrected chi connectivity index (χ4v) is 16.5. The summed E-state index contributed by atoms with van der Waals surface area (Å²) < 4.78 is 50.0. The topological polar surface area (TPSA) is 562 Å². The third kappa shape index (κ3) is 21.5. The monoisotopic (exact) mass is 1830 g/mol. The van der Waals surface area contributed by atoms with Crippen molar-refractivity contribution in [2.75, 3.05) is 47.9 Å². The van der Waals surface area contributed by atoms with E-state index in [1.807, 2.05) is 4.90 Å². The number of aliphatic hydroxyl groups excluding tert-OH is 7. The maximum Gasteiger partial charge on any atom is 0.337 e. The van der Waals surface area contributed by atoms with Crippen LogP contribution in [0.15, 0.2) is 115 Å². The highest BCUT2D eigenvalue weighted by atomic mass is 35.5. The molecule has 8 aliphatic heterocycles. The van der Waals surface area contributed by atoms with E-state index in [1.165, 1.54) is 55.6 Å². The van der Waals surface area contributed by atoms with Crippen LogP contribution in [-0.4, -0.2) is 236 Å². The van der Waals surface area contributed by atoms with E-state index in [2.05, 4.69) is 54.8 Å². The van der Waals surface area contributed by atoms with Crippen LogP contribution >= 0.6 is 23.2 Å². The number of fused-ring (bicyclic) bond motifs is 14. The Morgan fingerprint density at radius 1 is 0.550 bits per heavy atom. The lowest BCUT2D eigenvalue weighted by atomic mass is 9.89. The zero-order valence-corrected chi connectivity index (χ0v) is 72.0. The van der Waals surface area contributed by atoms with Gasteiger partial charge in [-0.15, -0.1) is 0 Å². The molecule has 0 saturated carbocycles. The largest absolute Gasteiger partial charge is 0.508 e. The summed E-state index contributed by atoms with van der Waals surface area (Å²) in [7, 11) is 5.94. The number of nitrogens with one attached hydrogen (secondary N) is 9. The summed E-state index contributed by atoms with van der Waals surface area (Å²) in [6.45, 7) is 1.48. The van der Waals surface area contributed by atoms with Gasteiger partial charge in [-0.1, -0.05) is 112 Å². The standard InChI is InChI=1S/C89H102Cl2N10O28/c1-6-7-8-9-10-11-12-13-14-16-62(107)95-71-74(110)76(112)79(87(121)122-5)129-88(71)128-78-59-33-44-34-60(78)125-56-26-21-43(31-51(56)90)72(108)70-86(120)99-68(81(115)93-27-15-28-101(3)4)49-35-45(103)36-58(126-89-77(113)75(111)73(109)61(39-102)127-89)63(49)48-30-41(19-24-53(48)104)66(83(117)100-70)96-84(118)67(44)97-85(119)69-50-37-47(38-55(106)64(50)91)124-57-32-42(20-25-54(57)105)65(92-2)82(116)94-52(80(114)98-69)29-40-17-22-46(123-59)23-18-40/h17-26,30-38,52,61,65-77,79,88-89,92,102-106,108-113H,6-16,27-29,39H2,1-5H3,(H,93,115)(H,94,116)(H,95,107)(H,96,118)(H,97,119)(H,98,114)(H,99,120)(H,100,117)/t52-,61-,65-,66-,67-,68-,69+,70+,71-,72-,73-,74-,75+,76+,77+,79+,88-,89+/m1/s1. The summed E-state index contributed by atoms with van der Waals surface area (Å²) in [5.74, 6) is -17.1. The van der Waals surface area contributed by atoms with E-state index in [0.29, 0.717) is 31.4 Å². The summed E-state index contributed by atoms with van der Waals surface area (Å²) >= 11 is 14.4. The quantitative estimate of drug-likeness (QED) is 0.0312. The molecule has 2 fully saturated rings. The number of phenols is 4. The molecule has 0 unspecified atom stereocenters. The molecule has 0 aromatic heterocycles. The van der Waals surface area contributed by atoms with Crippen molar-refractivity contribution >= 4 is 76.4 Å². The number of nitrogens with zero attached hydrogens (tertiary/aromatic N) is 1. The van der Waals surface area contributed by atoms with Crippen molar-refractivity contribution in [1.29, 1.82) is 0 Å². The molecule has 18 atom stereocenters. The number of aliphatic hydroxyl groups is 7. The van der Waals surface area contributed by atoms with E-state index in [0.717, 1.165) is 119 Å². The van der Waals surface area contributed by atoms with Crippen molar-refractivity contribution in [2.45, 2.75) is 194 Å². The lowest BCUT2D eigenvalue weighted by Crippen LogP contribution is -2.66. The van der Waals surface area contributed by atoms with Gasteiger partial charge in [0.1, 0.15) is 131 Å². The molecular formula is C89H102Cl2N10O28. The van der Waals surface area contributed by atoms with Crippen LogP contribution in [0.25, 0.3) is 11.1 Å². The Hall–Kier alpha value is -11.9. The predicted molar refractivity (Wildman–Crippen MR) is 457 cm³/mol. The van der Waals surface area contributed by atoms with Crippen LogP contribution in [0.2, 0.25) is 10.0 Å². The number of carbonyl (C=O) groups is 9. The smallest absolute Gasteiger partial charge is 0.337 e. The van der Waals surface area contributed by atoms with Crippen LogP contribution in [0.1, 0.15) is 153 Å². The number of rotatable bonds is 23. The lowest BCUT2D eigenvalue weighted by Gasteiger charge is -2.41. The molecule has 0 aliphatic carbocycles. The molecule has 2 saturated heterocycles. The molecule has 690 valence electrons. The van der Waals surface area contributed by atoms with Crippen molar-refractivity contribution in [3.63, 3.8) is 0 Å². The first-order chi connectivity index (χ1) is 61.7. The Balaban J connectivity index is 1.04. The highest BCUT2D eigenvalue weighted by Gasteiger charge is 2.52. The first-order valence-corrected chi connectivity index (χ1v) is 42.8. The minimum absolute atomic E-state index is 0.0893. The van der Waals surface area contributed by atoms with Gasteiger partial charge in [0.15, 0.2) is 29.1 Å². The van der Waals surface area contributed by atoms with E-state index in [9.17, 15) is 70.6 Å². The molecule has 8 aliphatic rings. The minimum Gasteiger partial charge on any atom is -0.508 e. The van der Waals surface area contributed by atoms with Gasteiger partial charge in [-0.3, -0.25) is 38.4 Å². The lowest BCUT2D eigenvalue weighted by molar-refractivity contribution is -0.277. The number of aromatic hydroxyl groups is 4. The second kappa shape index (κ2) is 41.7. The normalized spacial score (nSPS) is 25.7. The molecule has 17 bridgehead atoms. The predicted octanol–water partition coefficient (Wildman–Crippen LogP) is 4.40. The van der Waals surface area contributed by atoms with E-state index < -0.39 is 271 Å². The van der Waals surface area contributed by atoms with E-state index in [4.69, 9.17) is 61.1 Å². The second-order valence-electron chi connectivity index (χ2n) is 32.4. The maximum absolute atomic E-state index is 16.9. The number of phenolic OH excluding ortho intramolecular Hbond substituents is 4. The number of halogens is 2. The molecule has 15 rings (SSSR count). The van der Waals surface area contributed by atoms with Crippen molar-refractivity contribution in [3.8, 4) is 80.1 Å². The molecular weight excluding hydrogens is 1730 g/mol. The Kier molecular flexibility index (Phi) is 30.6. The van der Waals surface area contributed by atoms with Gasteiger partial charge in [-0.05, 0) is 147 Å². The highest BCUT2D eigenvalue weighted by molar-refractivity contribution is 6.33. The summed E-state index contributed by atoms with van der Waals surface area (Å²) in [6, 6.07) is 6.09. The third-order valence-electron chi connectivity index (χ3n) is 23.0. The molecule has 38 nitrogen and oxygen atoms in total. The molecule has 129 heavy (non-hydrogen) atoms. The van der Waals surface area contributed by atoms with Crippen LogP contribution in [0.3, 0.4) is 0 Å². The summed E-state index contributed by atoms with van der Waals surface area (Å²) in [5, 5.41) is 151. The first kappa shape index (κ1) is 94.7. The Morgan fingerprint density at radius 2 is 1.19 bits per heavy atom. The fourth-order valence-electron chi connectivity index (χ4n) is 16.1. The van der Waals surface area contributed by atoms with Crippen LogP contribution < -0.4 is 71.5 Å².